The van der Waals surface area contributed by atoms with E-state index in [1.807, 2.05) is 31.2 Å². The number of benzene rings is 1. The van der Waals surface area contributed by atoms with Gasteiger partial charge in [-0.15, -0.1) is 11.6 Å². The third-order valence-electron chi connectivity index (χ3n) is 2.48. The minimum atomic E-state index is -0.0226. The van der Waals surface area contributed by atoms with Gasteiger partial charge < -0.3 is 5.32 Å². The Morgan fingerprint density at radius 3 is 2.94 bits per heavy atom. The Bertz CT molecular complexity index is 370. The van der Waals surface area contributed by atoms with Crippen molar-refractivity contribution in [2.24, 2.45) is 0 Å². The Balaban J connectivity index is 2.56. The predicted molar refractivity (Wildman–Crippen MR) is 75.9 cm³/mol. The van der Waals surface area contributed by atoms with E-state index in [2.05, 4.69) is 11.6 Å². The SMILES string of the molecule is CSCCC(C)NC(=O)c1cccc(CCl)c1. The Hall–Kier alpha value is -0.670. The Kier molecular flexibility index (Phi) is 6.45. The summed E-state index contributed by atoms with van der Waals surface area (Å²) in [6, 6.07) is 7.63. The van der Waals surface area contributed by atoms with Gasteiger partial charge in [0, 0.05) is 17.5 Å². The standard InChI is InChI=1S/C13H18ClNOS/c1-10(6-7-17-2)15-13(16)12-5-3-4-11(8-12)9-14/h3-5,8,10H,6-7,9H2,1-2H3,(H,15,16). The van der Waals surface area contributed by atoms with Gasteiger partial charge in [0.25, 0.3) is 5.91 Å². The van der Waals surface area contributed by atoms with Gasteiger partial charge >= 0.3 is 0 Å². The summed E-state index contributed by atoms with van der Waals surface area (Å²) in [6.45, 7) is 2.03. The summed E-state index contributed by atoms with van der Waals surface area (Å²) in [7, 11) is 0. The van der Waals surface area contributed by atoms with Crippen LogP contribution in [0.25, 0.3) is 0 Å². The van der Waals surface area contributed by atoms with Crippen molar-refractivity contribution in [2.75, 3.05) is 12.0 Å². The van der Waals surface area contributed by atoms with Crippen molar-refractivity contribution in [3.8, 4) is 0 Å². The topological polar surface area (TPSA) is 29.1 Å². The van der Waals surface area contributed by atoms with Crippen molar-refractivity contribution in [3.05, 3.63) is 35.4 Å². The van der Waals surface area contributed by atoms with Crippen molar-refractivity contribution < 1.29 is 4.79 Å². The fraction of sp³-hybridized carbons (Fsp3) is 0.462. The molecule has 0 saturated heterocycles. The zero-order valence-electron chi connectivity index (χ0n) is 10.2. The molecule has 0 heterocycles. The maximum absolute atomic E-state index is 11.9. The lowest BCUT2D eigenvalue weighted by Crippen LogP contribution is -2.32. The highest BCUT2D eigenvalue weighted by Gasteiger charge is 2.09. The lowest BCUT2D eigenvalue weighted by molar-refractivity contribution is 0.0939. The zero-order valence-corrected chi connectivity index (χ0v) is 11.8. The highest BCUT2D eigenvalue weighted by Crippen LogP contribution is 2.08. The second-order valence-corrected chi connectivity index (χ2v) is 5.24. The zero-order chi connectivity index (χ0) is 12.7. The summed E-state index contributed by atoms with van der Waals surface area (Å²) in [5.74, 6) is 1.47. The Labute approximate surface area is 112 Å². The summed E-state index contributed by atoms with van der Waals surface area (Å²) >= 11 is 7.53. The predicted octanol–water partition coefficient (Wildman–Crippen LogP) is 3.30. The number of halogens is 1. The summed E-state index contributed by atoms with van der Waals surface area (Å²) in [5, 5.41) is 2.99. The Morgan fingerprint density at radius 2 is 2.29 bits per heavy atom. The van der Waals surface area contributed by atoms with Crippen LogP contribution in [0.1, 0.15) is 29.3 Å². The summed E-state index contributed by atoms with van der Waals surface area (Å²) < 4.78 is 0. The van der Waals surface area contributed by atoms with Crippen LogP contribution in [0.5, 0.6) is 0 Å². The van der Waals surface area contributed by atoms with Gasteiger partial charge in [-0.1, -0.05) is 12.1 Å². The molecule has 0 spiro atoms. The largest absolute Gasteiger partial charge is 0.350 e. The van der Waals surface area contributed by atoms with Crippen molar-refractivity contribution >= 4 is 29.3 Å². The van der Waals surface area contributed by atoms with E-state index in [9.17, 15) is 4.79 Å². The van der Waals surface area contributed by atoms with Gasteiger partial charge in [-0.2, -0.15) is 11.8 Å². The van der Waals surface area contributed by atoms with Gasteiger partial charge in [-0.3, -0.25) is 4.79 Å². The van der Waals surface area contributed by atoms with Crippen LogP contribution in [0.4, 0.5) is 0 Å². The molecule has 0 aromatic heterocycles. The number of thioether (sulfide) groups is 1. The number of rotatable bonds is 6. The lowest BCUT2D eigenvalue weighted by atomic mass is 10.1. The maximum atomic E-state index is 11.9. The van der Waals surface area contributed by atoms with E-state index in [0.717, 1.165) is 17.7 Å². The monoisotopic (exact) mass is 271 g/mol. The number of nitrogens with one attached hydrogen (secondary N) is 1. The summed E-state index contributed by atoms with van der Waals surface area (Å²) in [4.78, 5) is 11.9. The fourth-order valence-corrected chi connectivity index (χ4v) is 2.23. The molecule has 0 radical (unpaired) electrons. The van der Waals surface area contributed by atoms with Crippen LogP contribution in [-0.2, 0) is 5.88 Å². The normalized spacial score (nSPS) is 12.2. The molecule has 94 valence electrons. The number of carbonyl (C=O) groups excluding carboxylic acids is 1. The van der Waals surface area contributed by atoms with Crippen LogP contribution < -0.4 is 5.32 Å². The van der Waals surface area contributed by atoms with Crippen molar-refractivity contribution in [3.63, 3.8) is 0 Å². The summed E-state index contributed by atoms with van der Waals surface area (Å²) in [6.07, 6.45) is 3.06. The molecule has 1 amide bonds. The van der Waals surface area contributed by atoms with E-state index < -0.39 is 0 Å². The molecule has 2 nitrogen and oxygen atoms in total. The number of alkyl halides is 1. The van der Waals surface area contributed by atoms with Crippen molar-refractivity contribution in [1.29, 1.82) is 0 Å². The molecule has 4 heteroatoms. The molecule has 17 heavy (non-hydrogen) atoms. The molecule has 1 rings (SSSR count). The number of carbonyl (C=O) groups is 1. The van der Waals surface area contributed by atoms with Crippen LogP contribution in [0, 0.1) is 0 Å². The van der Waals surface area contributed by atoms with Gasteiger partial charge in [0.2, 0.25) is 0 Å². The van der Waals surface area contributed by atoms with Crippen molar-refractivity contribution in [1.82, 2.24) is 5.32 Å². The summed E-state index contributed by atoms with van der Waals surface area (Å²) in [5.41, 5.74) is 1.65. The van der Waals surface area contributed by atoms with Crippen LogP contribution >= 0.6 is 23.4 Å². The number of amides is 1. The van der Waals surface area contributed by atoms with Gasteiger partial charge in [-0.25, -0.2) is 0 Å². The molecule has 0 aliphatic rings. The smallest absolute Gasteiger partial charge is 0.251 e. The van der Waals surface area contributed by atoms with E-state index in [0.29, 0.717) is 11.4 Å². The van der Waals surface area contributed by atoms with Crippen LogP contribution in [0.3, 0.4) is 0 Å². The Morgan fingerprint density at radius 1 is 1.53 bits per heavy atom. The van der Waals surface area contributed by atoms with Gasteiger partial charge in [-0.05, 0) is 43.0 Å². The van der Waals surface area contributed by atoms with E-state index in [1.165, 1.54) is 0 Å². The molecule has 1 N–H and O–H groups in total. The molecular weight excluding hydrogens is 254 g/mol. The first-order valence-electron chi connectivity index (χ1n) is 5.62. The first-order valence-corrected chi connectivity index (χ1v) is 7.55. The highest BCUT2D eigenvalue weighted by atomic mass is 35.5. The second-order valence-electron chi connectivity index (χ2n) is 3.99. The lowest BCUT2D eigenvalue weighted by Gasteiger charge is -2.13. The first-order chi connectivity index (χ1) is 8.17. The van der Waals surface area contributed by atoms with Crippen LogP contribution in [0.15, 0.2) is 24.3 Å². The first kappa shape index (κ1) is 14.4. The molecule has 1 unspecified atom stereocenters. The fourth-order valence-electron chi connectivity index (χ4n) is 1.47. The van der Waals surface area contributed by atoms with E-state index in [4.69, 9.17) is 11.6 Å². The number of hydrogen-bond acceptors (Lipinski definition) is 2. The molecule has 0 aliphatic carbocycles. The minimum absolute atomic E-state index is 0.0226. The molecule has 0 fully saturated rings. The van der Waals surface area contributed by atoms with Gasteiger partial charge in [0.05, 0.1) is 0 Å². The minimum Gasteiger partial charge on any atom is -0.350 e. The third-order valence-corrected chi connectivity index (χ3v) is 3.43. The molecular formula is C13H18ClNOS. The highest BCUT2D eigenvalue weighted by molar-refractivity contribution is 7.98. The average molecular weight is 272 g/mol. The molecule has 1 aromatic rings. The van der Waals surface area contributed by atoms with Crippen LogP contribution in [-0.4, -0.2) is 24.0 Å². The molecule has 0 saturated carbocycles. The van der Waals surface area contributed by atoms with E-state index >= 15 is 0 Å². The van der Waals surface area contributed by atoms with Crippen molar-refractivity contribution in [2.45, 2.75) is 25.3 Å². The number of hydrogen-bond donors (Lipinski definition) is 1. The molecule has 0 aliphatic heterocycles. The average Bonchev–Trinajstić information content (AvgIpc) is 2.36. The maximum Gasteiger partial charge on any atom is 0.251 e. The van der Waals surface area contributed by atoms with Gasteiger partial charge in [0.1, 0.15) is 0 Å². The van der Waals surface area contributed by atoms with Gasteiger partial charge in [0.15, 0.2) is 0 Å². The quantitative estimate of drug-likeness (QED) is 0.805. The molecule has 1 aromatic carbocycles. The molecule has 1 atom stereocenters. The van der Waals surface area contributed by atoms with E-state index in [1.54, 1.807) is 11.8 Å². The molecule has 0 bridgehead atoms. The second kappa shape index (κ2) is 7.62. The third kappa shape index (κ3) is 5.00. The van der Waals surface area contributed by atoms with Crippen LogP contribution in [0.2, 0.25) is 0 Å². The van der Waals surface area contributed by atoms with E-state index in [-0.39, 0.29) is 11.9 Å².